The maximum atomic E-state index is 6.25. The van der Waals surface area contributed by atoms with Crippen molar-refractivity contribution in [2.75, 3.05) is 31.1 Å². The molecular formula is C19H23IN8. The Kier molecular flexibility index (Phi) is 6.80. The van der Waals surface area contributed by atoms with Crippen LogP contribution >= 0.6 is 24.0 Å². The molecule has 0 atom stereocenters. The minimum Gasteiger partial charge on any atom is -0.370 e. The van der Waals surface area contributed by atoms with Gasteiger partial charge in [0.05, 0.1) is 12.2 Å². The molecule has 8 nitrogen and oxygen atoms in total. The number of para-hydroxylation sites is 1. The van der Waals surface area contributed by atoms with Gasteiger partial charge in [-0.3, -0.25) is 0 Å². The van der Waals surface area contributed by atoms with Gasteiger partial charge in [-0.2, -0.15) is 5.10 Å². The van der Waals surface area contributed by atoms with Crippen LogP contribution in [-0.4, -0.2) is 56.8 Å². The molecule has 0 spiro atoms. The summed E-state index contributed by atoms with van der Waals surface area (Å²) in [6.07, 6.45) is 7.23. The topological polar surface area (TPSA) is 88.5 Å². The van der Waals surface area contributed by atoms with E-state index in [-0.39, 0.29) is 24.0 Å². The lowest BCUT2D eigenvalue weighted by atomic mass is 10.2. The van der Waals surface area contributed by atoms with E-state index in [1.165, 1.54) is 0 Å². The molecule has 0 saturated carbocycles. The van der Waals surface area contributed by atoms with Gasteiger partial charge in [-0.15, -0.1) is 24.0 Å². The highest BCUT2D eigenvalue weighted by Crippen LogP contribution is 2.15. The molecule has 1 aromatic carbocycles. The first-order valence-electron chi connectivity index (χ1n) is 8.96. The minimum atomic E-state index is 0. The Morgan fingerprint density at radius 3 is 2.43 bits per heavy atom. The normalized spacial score (nSPS) is 14.6. The Hall–Kier alpha value is -2.69. The number of nitrogens with two attached hydrogens (primary N) is 1. The van der Waals surface area contributed by atoms with Crippen LogP contribution in [-0.2, 0) is 6.54 Å². The molecule has 146 valence electrons. The standard InChI is InChI=1S/C19H22N8.HI/c20-18(25-11-13-26(14-12-25)19-21-7-3-8-22-19)23-15-16-5-1-2-6-17(16)27-10-4-9-24-27;/h1-10H,11-15H2,(H2,20,23);1H. The third-order valence-corrected chi connectivity index (χ3v) is 4.59. The van der Waals surface area contributed by atoms with Crippen LogP contribution in [0.1, 0.15) is 5.56 Å². The van der Waals surface area contributed by atoms with Gasteiger partial charge in [-0.05, 0) is 23.8 Å². The summed E-state index contributed by atoms with van der Waals surface area (Å²) < 4.78 is 1.85. The van der Waals surface area contributed by atoms with Crippen molar-refractivity contribution in [2.24, 2.45) is 10.7 Å². The van der Waals surface area contributed by atoms with E-state index in [1.54, 1.807) is 18.6 Å². The van der Waals surface area contributed by atoms with Gasteiger partial charge in [0.1, 0.15) is 0 Å². The molecule has 3 heterocycles. The van der Waals surface area contributed by atoms with Crippen molar-refractivity contribution in [1.82, 2.24) is 24.6 Å². The van der Waals surface area contributed by atoms with Crippen molar-refractivity contribution >= 4 is 35.9 Å². The number of hydrogen-bond acceptors (Lipinski definition) is 5. The molecular weight excluding hydrogens is 467 g/mol. The zero-order chi connectivity index (χ0) is 18.5. The van der Waals surface area contributed by atoms with Gasteiger partial charge in [0.15, 0.2) is 5.96 Å². The summed E-state index contributed by atoms with van der Waals surface area (Å²) >= 11 is 0. The predicted molar refractivity (Wildman–Crippen MR) is 120 cm³/mol. The molecule has 1 aliphatic rings. The van der Waals surface area contributed by atoms with Crippen LogP contribution in [0, 0.1) is 0 Å². The molecule has 28 heavy (non-hydrogen) atoms. The van der Waals surface area contributed by atoms with Crippen LogP contribution in [0.2, 0.25) is 0 Å². The van der Waals surface area contributed by atoms with Crippen molar-refractivity contribution in [1.29, 1.82) is 0 Å². The van der Waals surface area contributed by atoms with Gasteiger partial charge in [0.2, 0.25) is 5.95 Å². The monoisotopic (exact) mass is 490 g/mol. The number of halogens is 1. The summed E-state index contributed by atoms with van der Waals surface area (Å²) in [5.74, 6) is 1.33. The van der Waals surface area contributed by atoms with Gasteiger partial charge in [-0.1, -0.05) is 18.2 Å². The lowest BCUT2D eigenvalue weighted by molar-refractivity contribution is 0.378. The van der Waals surface area contributed by atoms with Crippen molar-refractivity contribution in [3.63, 3.8) is 0 Å². The highest BCUT2D eigenvalue weighted by molar-refractivity contribution is 14.0. The number of guanidine groups is 1. The Bertz CT molecular complexity index is 889. The second kappa shape index (κ2) is 9.49. The molecule has 1 aliphatic heterocycles. The highest BCUT2D eigenvalue weighted by Gasteiger charge is 2.19. The zero-order valence-electron chi connectivity index (χ0n) is 15.4. The van der Waals surface area contributed by atoms with Crippen molar-refractivity contribution in [2.45, 2.75) is 6.54 Å². The van der Waals surface area contributed by atoms with Crippen LogP contribution in [0.3, 0.4) is 0 Å². The quantitative estimate of drug-likeness (QED) is 0.342. The molecule has 9 heteroatoms. The second-order valence-corrected chi connectivity index (χ2v) is 6.28. The summed E-state index contributed by atoms with van der Waals surface area (Å²) in [5.41, 5.74) is 8.36. The zero-order valence-corrected chi connectivity index (χ0v) is 17.8. The van der Waals surface area contributed by atoms with Crippen LogP contribution in [0.5, 0.6) is 0 Å². The lowest BCUT2D eigenvalue weighted by Gasteiger charge is -2.35. The van der Waals surface area contributed by atoms with E-state index in [0.29, 0.717) is 12.5 Å². The van der Waals surface area contributed by atoms with Crippen molar-refractivity contribution in [3.8, 4) is 5.69 Å². The molecule has 0 amide bonds. The number of nitrogens with zero attached hydrogens (tertiary/aromatic N) is 7. The fraction of sp³-hybridized carbons (Fsp3) is 0.263. The smallest absolute Gasteiger partial charge is 0.225 e. The third-order valence-electron chi connectivity index (χ3n) is 4.59. The summed E-state index contributed by atoms with van der Waals surface area (Å²) in [6, 6.07) is 11.8. The second-order valence-electron chi connectivity index (χ2n) is 6.28. The number of aliphatic imine (C=N–C) groups is 1. The largest absolute Gasteiger partial charge is 0.370 e. The summed E-state index contributed by atoms with van der Waals surface area (Å²) in [5, 5.41) is 4.31. The minimum absolute atomic E-state index is 0. The first kappa shape index (κ1) is 20.1. The van der Waals surface area contributed by atoms with Gasteiger partial charge < -0.3 is 15.5 Å². The van der Waals surface area contributed by atoms with E-state index in [4.69, 9.17) is 5.73 Å². The lowest BCUT2D eigenvalue weighted by Crippen LogP contribution is -2.51. The molecule has 1 saturated heterocycles. The number of benzene rings is 1. The highest BCUT2D eigenvalue weighted by atomic mass is 127. The molecule has 0 bridgehead atoms. The van der Waals surface area contributed by atoms with Crippen molar-refractivity contribution in [3.05, 3.63) is 66.7 Å². The van der Waals surface area contributed by atoms with E-state index in [0.717, 1.165) is 43.4 Å². The molecule has 0 unspecified atom stereocenters. The van der Waals surface area contributed by atoms with Gasteiger partial charge in [-0.25, -0.2) is 19.6 Å². The van der Waals surface area contributed by atoms with Gasteiger partial charge in [0, 0.05) is 51.0 Å². The molecule has 1 fully saturated rings. The average molecular weight is 490 g/mol. The maximum absolute atomic E-state index is 6.25. The number of aromatic nitrogens is 4. The molecule has 0 radical (unpaired) electrons. The van der Waals surface area contributed by atoms with Gasteiger partial charge in [0.25, 0.3) is 0 Å². The Morgan fingerprint density at radius 2 is 1.71 bits per heavy atom. The Balaban J connectivity index is 0.00000225. The summed E-state index contributed by atoms with van der Waals surface area (Å²) in [7, 11) is 0. The van der Waals surface area contributed by atoms with Crippen LogP contribution < -0.4 is 10.6 Å². The molecule has 2 N–H and O–H groups in total. The van der Waals surface area contributed by atoms with Crippen LogP contribution in [0.15, 0.2) is 66.2 Å². The van der Waals surface area contributed by atoms with E-state index >= 15 is 0 Å². The van der Waals surface area contributed by atoms with E-state index in [9.17, 15) is 0 Å². The summed E-state index contributed by atoms with van der Waals surface area (Å²) in [6.45, 7) is 3.76. The molecule has 2 aromatic heterocycles. The van der Waals surface area contributed by atoms with Gasteiger partial charge >= 0.3 is 0 Å². The first-order chi connectivity index (χ1) is 13.3. The van der Waals surface area contributed by atoms with Crippen LogP contribution in [0.4, 0.5) is 5.95 Å². The molecule has 4 rings (SSSR count). The van der Waals surface area contributed by atoms with Crippen molar-refractivity contribution < 1.29 is 0 Å². The third kappa shape index (κ3) is 4.58. The Labute approximate surface area is 181 Å². The number of anilines is 1. The number of rotatable bonds is 4. The predicted octanol–water partition coefficient (Wildman–Crippen LogP) is 1.92. The average Bonchev–Trinajstić information content (AvgIpc) is 3.28. The molecule has 3 aromatic rings. The summed E-state index contributed by atoms with van der Waals surface area (Å²) in [4.78, 5) is 17.5. The number of hydrogen-bond donors (Lipinski definition) is 1. The van der Waals surface area contributed by atoms with E-state index < -0.39 is 0 Å². The van der Waals surface area contributed by atoms with Crippen LogP contribution in [0.25, 0.3) is 5.69 Å². The number of piperazine rings is 1. The Morgan fingerprint density at radius 1 is 0.964 bits per heavy atom. The fourth-order valence-electron chi connectivity index (χ4n) is 3.14. The maximum Gasteiger partial charge on any atom is 0.225 e. The SMILES string of the molecule is I.NC(=NCc1ccccc1-n1cccn1)N1CCN(c2ncccn2)CC1. The van der Waals surface area contributed by atoms with E-state index in [2.05, 4.69) is 35.9 Å². The fourth-order valence-corrected chi connectivity index (χ4v) is 3.14. The molecule has 0 aliphatic carbocycles. The first-order valence-corrected chi connectivity index (χ1v) is 8.96. The van der Waals surface area contributed by atoms with E-state index in [1.807, 2.05) is 41.2 Å².